The van der Waals surface area contributed by atoms with Crippen molar-refractivity contribution in [1.82, 2.24) is 4.90 Å². The first kappa shape index (κ1) is 13.5. The van der Waals surface area contributed by atoms with Crippen LogP contribution < -0.4 is 15.2 Å². The Hall–Kier alpha value is -2.44. The number of piperidine rings is 1. The van der Waals surface area contributed by atoms with Crippen molar-refractivity contribution < 1.29 is 19.5 Å². The number of nitrogens with two attached hydrogens (primary N) is 1. The average molecular weight is 291 g/mol. The topological polar surface area (TPSA) is 97.4 Å². The monoisotopic (exact) mass is 291 g/mol. The molecule has 0 spiro atoms. The predicted octanol–water partition coefficient (Wildman–Crippen LogP) is 1.01. The SMILES string of the molecule is NC(=NO)C1CCN(C(=O)c2ccc3c(c2)OCO3)CC1. The van der Waals surface area contributed by atoms with E-state index in [1.165, 1.54) is 0 Å². The Morgan fingerprint density at radius 1 is 1.29 bits per heavy atom. The molecule has 0 unspecified atom stereocenters. The van der Waals surface area contributed by atoms with Gasteiger partial charge in [0.15, 0.2) is 11.5 Å². The summed E-state index contributed by atoms with van der Waals surface area (Å²) in [5.74, 6) is 1.51. The highest BCUT2D eigenvalue weighted by Gasteiger charge is 2.26. The second-order valence-corrected chi connectivity index (χ2v) is 5.16. The summed E-state index contributed by atoms with van der Waals surface area (Å²) in [4.78, 5) is 14.2. The molecule has 21 heavy (non-hydrogen) atoms. The molecule has 112 valence electrons. The molecule has 1 aromatic carbocycles. The highest BCUT2D eigenvalue weighted by atomic mass is 16.7. The number of fused-ring (bicyclic) bond motifs is 1. The van der Waals surface area contributed by atoms with E-state index in [9.17, 15) is 4.79 Å². The molecule has 3 N–H and O–H groups in total. The van der Waals surface area contributed by atoms with E-state index in [0.717, 1.165) is 0 Å². The van der Waals surface area contributed by atoms with Gasteiger partial charge in [-0.05, 0) is 31.0 Å². The Balaban J connectivity index is 1.67. The van der Waals surface area contributed by atoms with Gasteiger partial charge in [-0.1, -0.05) is 5.16 Å². The van der Waals surface area contributed by atoms with Crippen LogP contribution >= 0.6 is 0 Å². The molecule has 1 amide bonds. The highest BCUT2D eigenvalue weighted by Crippen LogP contribution is 2.33. The minimum absolute atomic E-state index is 0.0359. The van der Waals surface area contributed by atoms with Gasteiger partial charge >= 0.3 is 0 Å². The van der Waals surface area contributed by atoms with E-state index in [1.54, 1.807) is 23.1 Å². The molecule has 3 rings (SSSR count). The average Bonchev–Trinajstić information content (AvgIpc) is 3.01. The summed E-state index contributed by atoms with van der Waals surface area (Å²) in [5.41, 5.74) is 6.19. The Labute approximate surface area is 121 Å². The lowest BCUT2D eigenvalue weighted by Gasteiger charge is -2.31. The van der Waals surface area contributed by atoms with Crippen LogP contribution in [0.25, 0.3) is 0 Å². The van der Waals surface area contributed by atoms with E-state index in [2.05, 4.69) is 5.16 Å². The first-order valence-electron chi connectivity index (χ1n) is 6.85. The summed E-state index contributed by atoms with van der Waals surface area (Å²) < 4.78 is 10.5. The zero-order valence-corrected chi connectivity index (χ0v) is 11.5. The molecular formula is C14H17N3O4. The minimum Gasteiger partial charge on any atom is -0.454 e. The molecular weight excluding hydrogens is 274 g/mol. The maximum absolute atomic E-state index is 12.5. The molecule has 0 radical (unpaired) electrons. The Bertz CT molecular complexity index is 580. The molecule has 0 aromatic heterocycles. The number of hydrogen-bond acceptors (Lipinski definition) is 5. The van der Waals surface area contributed by atoms with Crippen molar-refractivity contribution in [1.29, 1.82) is 0 Å². The van der Waals surface area contributed by atoms with Crippen molar-refractivity contribution in [3.8, 4) is 11.5 Å². The summed E-state index contributed by atoms with van der Waals surface area (Å²) in [6.45, 7) is 1.38. The number of hydrogen-bond donors (Lipinski definition) is 2. The van der Waals surface area contributed by atoms with Crippen LogP contribution in [0.1, 0.15) is 23.2 Å². The van der Waals surface area contributed by atoms with Crippen LogP contribution in [0.5, 0.6) is 11.5 Å². The molecule has 1 fully saturated rings. The van der Waals surface area contributed by atoms with E-state index in [0.29, 0.717) is 43.0 Å². The van der Waals surface area contributed by atoms with Crippen LogP contribution in [-0.2, 0) is 0 Å². The zero-order valence-electron chi connectivity index (χ0n) is 11.5. The van der Waals surface area contributed by atoms with Gasteiger partial charge in [0.05, 0.1) is 0 Å². The van der Waals surface area contributed by atoms with E-state index in [4.69, 9.17) is 20.4 Å². The van der Waals surface area contributed by atoms with Crippen LogP contribution in [0.4, 0.5) is 0 Å². The number of nitrogens with zero attached hydrogens (tertiary/aromatic N) is 2. The first-order chi connectivity index (χ1) is 10.2. The van der Waals surface area contributed by atoms with Crippen LogP contribution in [0, 0.1) is 5.92 Å². The molecule has 0 bridgehead atoms. The molecule has 1 saturated heterocycles. The van der Waals surface area contributed by atoms with Crippen molar-refractivity contribution in [3.05, 3.63) is 23.8 Å². The molecule has 0 atom stereocenters. The number of amides is 1. The van der Waals surface area contributed by atoms with Crippen LogP contribution in [-0.4, -0.2) is 41.7 Å². The van der Waals surface area contributed by atoms with Gasteiger partial charge < -0.3 is 25.3 Å². The van der Waals surface area contributed by atoms with Gasteiger partial charge in [-0.3, -0.25) is 4.79 Å². The van der Waals surface area contributed by atoms with Gasteiger partial charge in [-0.2, -0.15) is 0 Å². The third kappa shape index (κ3) is 2.58. The number of oxime groups is 1. The largest absolute Gasteiger partial charge is 0.454 e. The lowest BCUT2D eigenvalue weighted by molar-refractivity contribution is 0.0708. The Kier molecular flexibility index (Phi) is 3.55. The van der Waals surface area contributed by atoms with Crippen LogP contribution in [0.3, 0.4) is 0 Å². The van der Waals surface area contributed by atoms with Crippen LogP contribution in [0.2, 0.25) is 0 Å². The summed E-state index contributed by atoms with van der Waals surface area (Å²) in [5, 5.41) is 11.7. The van der Waals surface area contributed by atoms with Gasteiger partial charge in [0.25, 0.3) is 5.91 Å². The molecule has 0 saturated carbocycles. The van der Waals surface area contributed by atoms with E-state index >= 15 is 0 Å². The molecule has 7 nitrogen and oxygen atoms in total. The van der Waals surface area contributed by atoms with Crippen molar-refractivity contribution >= 4 is 11.7 Å². The number of rotatable bonds is 2. The van der Waals surface area contributed by atoms with Crippen molar-refractivity contribution in [3.63, 3.8) is 0 Å². The number of amidine groups is 1. The Morgan fingerprint density at radius 3 is 2.71 bits per heavy atom. The van der Waals surface area contributed by atoms with Gasteiger partial charge in [-0.15, -0.1) is 0 Å². The number of likely N-dealkylation sites (tertiary alicyclic amines) is 1. The predicted molar refractivity (Wildman–Crippen MR) is 74.6 cm³/mol. The van der Waals surface area contributed by atoms with E-state index < -0.39 is 0 Å². The lowest BCUT2D eigenvalue weighted by atomic mass is 9.95. The number of carbonyl (C=O) groups excluding carboxylic acids is 1. The van der Waals surface area contributed by atoms with Crippen LogP contribution in [0.15, 0.2) is 23.4 Å². The van der Waals surface area contributed by atoms with E-state index in [-0.39, 0.29) is 24.5 Å². The Morgan fingerprint density at radius 2 is 2.00 bits per heavy atom. The summed E-state index contributed by atoms with van der Waals surface area (Å²) in [6, 6.07) is 5.20. The maximum atomic E-state index is 12.5. The van der Waals surface area contributed by atoms with Crippen molar-refractivity contribution in [2.45, 2.75) is 12.8 Å². The first-order valence-corrected chi connectivity index (χ1v) is 6.85. The summed E-state index contributed by atoms with van der Waals surface area (Å²) >= 11 is 0. The van der Waals surface area contributed by atoms with Gasteiger partial charge in [0, 0.05) is 24.6 Å². The van der Waals surface area contributed by atoms with Gasteiger partial charge in [0.2, 0.25) is 6.79 Å². The van der Waals surface area contributed by atoms with Gasteiger partial charge in [-0.25, -0.2) is 0 Å². The second kappa shape index (κ2) is 5.51. The van der Waals surface area contributed by atoms with E-state index in [1.807, 2.05) is 0 Å². The standard InChI is InChI=1S/C14H17N3O4/c15-13(16-19)9-3-5-17(6-4-9)14(18)10-1-2-11-12(7-10)21-8-20-11/h1-2,7,9,19H,3-6,8H2,(H2,15,16). The van der Waals surface area contributed by atoms with Crippen molar-refractivity contribution in [2.24, 2.45) is 16.8 Å². The fourth-order valence-electron chi connectivity index (χ4n) is 2.67. The number of ether oxygens (including phenoxy) is 2. The maximum Gasteiger partial charge on any atom is 0.253 e. The van der Waals surface area contributed by atoms with Crippen molar-refractivity contribution in [2.75, 3.05) is 19.9 Å². The molecule has 7 heteroatoms. The second-order valence-electron chi connectivity index (χ2n) is 5.16. The fourth-order valence-corrected chi connectivity index (χ4v) is 2.67. The molecule has 2 heterocycles. The quantitative estimate of drug-likeness (QED) is 0.367. The molecule has 1 aromatic rings. The highest BCUT2D eigenvalue weighted by molar-refractivity contribution is 5.95. The fraction of sp³-hybridized carbons (Fsp3) is 0.429. The molecule has 0 aliphatic carbocycles. The summed E-state index contributed by atoms with van der Waals surface area (Å²) in [6.07, 6.45) is 1.40. The summed E-state index contributed by atoms with van der Waals surface area (Å²) in [7, 11) is 0. The minimum atomic E-state index is -0.0359. The lowest BCUT2D eigenvalue weighted by Crippen LogP contribution is -2.41. The normalized spacial score (nSPS) is 18.9. The number of benzene rings is 1. The third-order valence-electron chi connectivity index (χ3n) is 3.94. The van der Waals surface area contributed by atoms with Gasteiger partial charge in [0.1, 0.15) is 5.84 Å². The zero-order chi connectivity index (χ0) is 14.8. The smallest absolute Gasteiger partial charge is 0.253 e. The molecule has 2 aliphatic rings. The molecule has 2 aliphatic heterocycles. The number of carbonyl (C=O) groups is 1. The third-order valence-corrected chi connectivity index (χ3v) is 3.94.